The third-order valence-electron chi connectivity index (χ3n) is 3.29. The number of hydrogen-bond donors (Lipinski definition) is 0. The second-order valence-electron chi connectivity index (χ2n) is 6.69. The molecule has 17 heavy (non-hydrogen) atoms. The summed E-state index contributed by atoms with van der Waals surface area (Å²) in [5.74, 6) is 1.53. The van der Waals surface area contributed by atoms with E-state index in [4.69, 9.17) is 4.84 Å². The van der Waals surface area contributed by atoms with E-state index in [-0.39, 0.29) is 5.41 Å². The molecule has 0 fully saturated rings. The van der Waals surface area contributed by atoms with E-state index in [0.29, 0.717) is 0 Å². The molecule has 104 valence electrons. The summed E-state index contributed by atoms with van der Waals surface area (Å²) in [5.41, 5.74) is 0.279. The molecule has 0 saturated heterocycles. The van der Waals surface area contributed by atoms with Gasteiger partial charge in [0.2, 0.25) is 0 Å². The maximum atomic E-state index is 5.84. The van der Waals surface area contributed by atoms with E-state index in [9.17, 15) is 0 Å². The normalized spacial score (nSPS) is 14.6. The van der Waals surface area contributed by atoms with E-state index in [0.717, 1.165) is 25.0 Å². The van der Waals surface area contributed by atoms with Crippen LogP contribution in [-0.4, -0.2) is 25.3 Å². The minimum absolute atomic E-state index is 0.279. The second-order valence-corrected chi connectivity index (χ2v) is 6.69. The Balaban J connectivity index is 3.83. The zero-order chi connectivity index (χ0) is 13.5. The molecule has 0 aliphatic rings. The van der Waals surface area contributed by atoms with Gasteiger partial charge in [-0.05, 0) is 30.1 Å². The third kappa shape index (κ3) is 9.61. The molecule has 0 aliphatic carbocycles. The van der Waals surface area contributed by atoms with Crippen molar-refractivity contribution in [3.63, 3.8) is 0 Å². The summed E-state index contributed by atoms with van der Waals surface area (Å²) in [6.45, 7) is 15.5. The van der Waals surface area contributed by atoms with Crippen LogP contribution in [0.15, 0.2) is 0 Å². The van der Waals surface area contributed by atoms with Crippen molar-refractivity contribution < 1.29 is 4.84 Å². The summed E-state index contributed by atoms with van der Waals surface area (Å²) in [7, 11) is 2.04. The van der Waals surface area contributed by atoms with Crippen molar-refractivity contribution in [2.24, 2.45) is 17.3 Å². The van der Waals surface area contributed by atoms with Crippen LogP contribution in [-0.2, 0) is 4.84 Å². The molecule has 0 heterocycles. The van der Waals surface area contributed by atoms with Gasteiger partial charge in [-0.2, -0.15) is 5.06 Å². The molecule has 0 aromatic carbocycles. The predicted molar refractivity (Wildman–Crippen MR) is 75.9 cm³/mol. The molecule has 2 nitrogen and oxygen atoms in total. The van der Waals surface area contributed by atoms with E-state index in [1.807, 2.05) is 12.1 Å². The average molecular weight is 243 g/mol. The molecule has 0 rings (SSSR count). The molecule has 2 heteroatoms. The van der Waals surface area contributed by atoms with Crippen LogP contribution in [0.2, 0.25) is 0 Å². The van der Waals surface area contributed by atoms with E-state index in [1.54, 1.807) is 0 Å². The monoisotopic (exact) mass is 243 g/mol. The molecule has 0 bridgehead atoms. The Morgan fingerprint density at radius 3 is 2.24 bits per heavy atom. The maximum absolute atomic E-state index is 5.84. The minimum atomic E-state index is 0.279. The van der Waals surface area contributed by atoms with Crippen LogP contribution in [0.4, 0.5) is 0 Å². The van der Waals surface area contributed by atoms with E-state index < -0.39 is 0 Å². The molecule has 0 radical (unpaired) electrons. The van der Waals surface area contributed by atoms with Gasteiger partial charge in [-0.3, -0.25) is 4.84 Å². The third-order valence-corrected chi connectivity index (χ3v) is 3.29. The van der Waals surface area contributed by atoms with Crippen molar-refractivity contribution in [1.82, 2.24) is 5.06 Å². The first-order chi connectivity index (χ1) is 7.76. The van der Waals surface area contributed by atoms with Crippen LogP contribution < -0.4 is 0 Å². The van der Waals surface area contributed by atoms with Crippen molar-refractivity contribution >= 4 is 0 Å². The molecule has 0 spiro atoms. The molecule has 0 saturated carbocycles. The lowest BCUT2D eigenvalue weighted by molar-refractivity contribution is -0.166. The Morgan fingerprint density at radius 1 is 1.18 bits per heavy atom. The van der Waals surface area contributed by atoms with Crippen LogP contribution in [0.25, 0.3) is 0 Å². The zero-order valence-corrected chi connectivity index (χ0v) is 13.0. The molecule has 0 aromatic rings. The lowest BCUT2D eigenvalue weighted by Gasteiger charge is -2.29. The van der Waals surface area contributed by atoms with Gasteiger partial charge in [0.15, 0.2) is 0 Å². The highest BCUT2D eigenvalue weighted by atomic mass is 16.7. The van der Waals surface area contributed by atoms with Crippen molar-refractivity contribution in [2.45, 2.75) is 60.8 Å². The quantitative estimate of drug-likeness (QED) is 0.558. The summed E-state index contributed by atoms with van der Waals surface area (Å²) >= 11 is 0. The number of hydroxylamine groups is 2. The van der Waals surface area contributed by atoms with Gasteiger partial charge >= 0.3 is 0 Å². The molecular formula is C15H33NO. The Morgan fingerprint density at radius 2 is 1.76 bits per heavy atom. The molecule has 0 amide bonds. The van der Waals surface area contributed by atoms with Gasteiger partial charge in [0.1, 0.15) is 0 Å². The predicted octanol–water partition coefficient (Wildman–Crippen LogP) is 4.36. The molecule has 0 aromatic heterocycles. The zero-order valence-electron chi connectivity index (χ0n) is 13.0. The minimum Gasteiger partial charge on any atom is -0.299 e. The molecular weight excluding hydrogens is 210 g/mol. The van der Waals surface area contributed by atoms with Crippen molar-refractivity contribution in [1.29, 1.82) is 0 Å². The number of rotatable bonds is 9. The summed E-state index contributed by atoms with van der Waals surface area (Å²) in [4.78, 5) is 5.84. The Kier molecular flexibility index (Phi) is 8.06. The first-order valence-corrected chi connectivity index (χ1v) is 7.11. The Hall–Kier alpha value is -0.0800. The summed E-state index contributed by atoms with van der Waals surface area (Å²) in [5, 5.41) is 2.00. The van der Waals surface area contributed by atoms with Crippen LogP contribution >= 0.6 is 0 Å². The fourth-order valence-electron chi connectivity index (χ4n) is 1.94. The SMILES string of the molecule is CCC(C)CC(C)(C)CON(C)CCC(C)C. The van der Waals surface area contributed by atoms with Gasteiger partial charge in [-0.25, -0.2) is 0 Å². The van der Waals surface area contributed by atoms with Crippen LogP contribution in [0.1, 0.15) is 60.8 Å². The van der Waals surface area contributed by atoms with Gasteiger partial charge in [0, 0.05) is 13.6 Å². The van der Waals surface area contributed by atoms with Gasteiger partial charge < -0.3 is 0 Å². The highest BCUT2D eigenvalue weighted by Gasteiger charge is 2.21. The largest absolute Gasteiger partial charge is 0.299 e. The Labute approximate surface area is 109 Å². The fourth-order valence-corrected chi connectivity index (χ4v) is 1.94. The highest BCUT2D eigenvalue weighted by molar-refractivity contribution is 4.70. The number of hydrogen-bond acceptors (Lipinski definition) is 2. The average Bonchev–Trinajstić information content (AvgIpc) is 2.22. The van der Waals surface area contributed by atoms with Crippen molar-refractivity contribution in [3.05, 3.63) is 0 Å². The topological polar surface area (TPSA) is 12.5 Å². The number of nitrogens with zero attached hydrogens (tertiary/aromatic N) is 1. The second kappa shape index (κ2) is 8.10. The van der Waals surface area contributed by atoms with Gasteiger partial charge in [-0.15, -0.1) is 0 Å². The van der Waals surface area contributed by atoms with Crippen molar-refractivity contribution in [3.8, 4) is 0 Å². The first kappa shape index (κ1) is 16.9. The van der Waals surface area contributed by atoms with E-state index in [2.05, 4.69) is 41.5 Å². The van der Waals surface area contributed by atoms with Gasteiger partial charge in [0.25, 0.3) is 0 Å². The van der Waals surface area contributed by atoms with Gasteiger partial charge in [0.05, 0.1) is 6.61 Å². The van der Waals surface area contributed by atoms with E-state index in [1.165, 1.54) is 19.3 Å². The molecule has 0 aliphatic heterocycles. The van der Waals surface area contributed by atoms with Crippen molar-refractivity contribution in [2.75, 3.05) is 20.2 Å². The van der Waals surface area contributed by atoms with E-state index >= 15 is 0 Å². The molecule has 1 atom stereocenters. The Bertz CT molecular complexity index is 189. The standard InChI is InChI=1S/C15H33NO/c1-8-14(4)11-15(5,6)12-17-16(7)10-9-13(2)3/h13-14H,8-12H2,1-7H3. The summed E-state index contributed by atoms with van der Waals surface area (Å²) < 4.78 is 0. The lowest BCUT2D eigenvalue weighted by atomic mass is 9.83. The highest BCUT2D eigenvalue weighted by Crippen LogP contribution is 2.27. The smallest absolute Gasteiger partial charge is 0.0736 e. The summed E-state index contributed by atoms with van der Waals surface area (Å²) in [6, 6.07) is 0. The maximum Gasteiger partial charge on any atom is 0.0736 e. The first-order valence-electron chi connectivity index (χ1n) is 7.11. The van der Waals surface area contributed by atoms with Gasteiger partial charge in [-0.1, -0.05) is 48.0 Å². The lowest BCUT2D eigenvalue weighted by Crippen LogP contribution is -2.29. The van der Waals surface area contributed by atoms with Crippen LogP contribution in [0, 0.1) is 17.3 Å². The molecule has 1 unspecified atom stereocenters. The molecule has 0 N–H and O–H groups in total. The fraction of sp³-hybridized carbons (Fsp3) is 1.00. The van der Waals surface area contributed by atoms with Crippen LogP contribution in [0.5, 0.6) is 0 Å². The summed E-state index contributed by atoms with van der Waals surface area (Å²) in [6.07, 6.45) is 3.69. The van der Waals surface area contributed by atoms with Crippen LogP contribution in [0.3, 0.4) is 0 Å².